The standard InChI is InChI=1S/C17H25N3O3/c1-16(22)6-9-23-17(11-16)4-7-20(8-5-17)15(21)14-10-13(18-19-14)12-2-3-12/h10,12,22H,2-9,11H2,1H3,(H,18,19). The van der Waals surface area contributed by atoms with E-state index < -0.39 is 5.60 Å². The van der Waals surface area contributed by atoms with Gasteiger partial charge in [0.2, 0.25) is 0 Å². The maximum atomic E-state index is 12.6. The lowest BCUT2D eigenvalue weighted by atomic mass is 9.78. The van der Waals surface area contributed by atoms with Crippen LogP contribution < -0.4 is 0 Å². The van der Waals surface area contributed by atoms with Crippen LogP contribution in [0.25, 0.3) is 0 Å². The molecular weight excluding hydrogens is 294 g/mol. The summed E-state index contributed by atoms with van der Waals surface area (Å²) < 4.78 is 6.00. The minimum atomic E-state index is -0.647. The zero-order chi connectivity index (χ0) is 16.1. The van der Waals surface area contributed by atoms with Crippen LogP contribution in [0.4, 0.5) is 0 Å². The van der Waals surface area contributed by atoms with E-state index >= 15 is 0 Å². The third-order valence-electron chi connectivity index (χ3n) is 5.55. The Kier molecular flexibility index (Phi) is 3.50. The number of H-pyrrole nitrogens is 1. The lowest BCUT2D eigenvalue weighted by Gasteiger charge is -2.48. The molecule has 4 rings (SSSR count). The number of hydrogen-bond donors (Lipinski definition) is 2. The van der Waals surface area contributed by atoms with E-state index in [1.54, 1.807) is 0 Å². The first kappa shape index (κ1) is 15.1. The van der Waals surface area contributed by atoms with Crippen molar-refractivity contribution in [1.29, 1.82) is 0 Å². The van der Waals surface area contributed by atoms with E-state index in [4.69, 9.17) is 4.74 Å². The number of ether oxygens (including phenoxy) is 1. The molecule has 126 valence electrons. The Morgan fingerprint density at radius 2 is 2.13 bits per heavy atom. The molecule has 0 bridgehead atoms. The summed E-state index contributed by atoms with van der Waals surface area (Å²) in [5.41, 5.74) is 0.711. The molecule has 3 heterocycles. The molecule has 2 aliphatic heterocycles. The van der Waals surface area contributed by atoms with Crippen molar-refractivity contribution in [2.24, 2.45) is 0 Å². The number of nitrogens with one attached hydrogen (secondary N) is 1. The van der Waals surface area contributed by atoms with Crippen molar-refractivity contribution >= 4 is 5.91 Å². The molecule has 1 saturated carbocycles. The van der Waals surface area contributed by atoms with Crippen LogP contribution in [0.5, 0.6) is 0 Å². The molecule has 2 N–H and O–H groups in total. The van der Waals surface area contributed by atoms with Crippen molar-refractivity contribution in [2.45, 2.75) is 62.6 Å². The van der Waals surface area contributed by atoms with Gasteiger partial charge in [-0.15, -0.1) is 0 Å². The predicted octanol–water partition coefficient (Wildman–Crippen LogP) is 1.82. The van der Waals surface area contributed by atoms with Gasteiger partial charge in [0.05, 0.1) is 17.8 Å². The van der Waals surface area contributed by atoms with Gasteiger partial charge >= 0.3 is 0 Å². The molecule has 1 aliphatic carbocycles. The second-order valence-electron chi connectivity index (χ2n) is 7.73. The van der Waals surface area contributed by atoms with Gasteiger partial charge in [-0.05, 0) is 45.1 Å². The highest BCUT2D eigenvalue weighted by molar-refractivity contribution is 5.92. The molecule has 1 aromatic rings. The molecule has 23 heavy (non-hydrogen) atoms. The fourth-order valence-corrected chi connectivity index (χ4v) is 3.97. The Hall–Kier alpha value is -1.40. The van der Waals surface area contributed by atoms with Crippen molar-refractivity contribution in [3.63, 3.8) is 0 Å². The van der Waals surface area contributed by atoms with Crippen molar-refractivity contribution in [3.05, 3.63) is 17.5 Å². The van der Waals surface area contributed by atoms with Gasteiger partial charge in [0.25, 0.3) is 5.91 Å². The summed E-state index contributed by atoms with van der Waals surface area (Å²) in [6.07, 6.45) is 5.31. The highest BCUT2D eigenvalue weighted by Gasteiger charge is 2.45. The molecule has 3 fully saturated rings. The largest absolute Gasteiger partial charge is 0.390 e. The van der Waals surface area contributed by atoms with Crippen LogP contribution in [-0.4, -0.2) is 57.0 Å². The van der Waals surface area contributed by atoms with Gasteiger partial charge in [0.1, 0.15) is 5.69 Å². The molecule has 6 heteroatoms. The maximum Gasteiger partial charge on any atom is 0.274 e. The van der Waals surface area contributed by atoms with E-state index in [9.17, 15) is 9.90 Å². The Balaban J connectivity index is 1.39. The second-order valence-corrected chi connectivity index (χ2v) is 7.73. The van der Waals surface area contributed by atoms with E-state index in [0.717, 1.165) is 18.5 Å². The van der Waals surface area contributed by atoms with Gasteiger partial charge in [-0.3, -0.25) is 9.89 Å². The number of rotatable bonds is 2. The number of carbonyl (C=O) groups is 1. The van der Waals surface area contributed by atoms with Crippen molar-refractivity contribution < 1.29 is 14.6 Å². The zero-order valence-corrected chi connectivity index (χ0v) is 13.7. The summed E-state index contributed by atoms with van der Waals surface area (Å²) in [5, 5.41) is 17.5. The van der Waals surface area contributed by atoms with Crippen LogP contribution in [0.3, 0.4) is 0 Å². The van der Waals surface area contributed by atoms with Crippen molar-refractivity contribution in [2.75, 3.05) is 19.7 Å². The van der Waals surface area contributed by atoms with Gasteiger partial charge in [-0.1, -0.05) is 0 Å². The van der Waals surface area contributed by atoms with Crippen LogP contribution in [0.15, 0.2) is 6.07 Å². The quantitative estimate of drug-likeness (QED) is 0.871. The number of aromatic amines is 1. The Labute approximate surface area is 136 Å². The summed E-state index contributed by atoms with van der Waals surface area (Å²) >= 11 is 0. The maximum absolute atomic E-state index is 12.6. The number of aromatic nitrogens is 2. The van der Waals surface area contributed by atoms with E-state index in [2.05, 4.69) is 10.2 Å². The van der Waals surface area contributed by atoms with Crippen molar-refractivity contribution in [3.8, 4) is 0 Å². The number of amides is 1. The number of aliphatic hydroxyl groups is 1. The topological polar surface area (TPSA) is 78.5 Å². The third-order valence-corrected chi connectivity index (χ3v) is 5.55. The van der Waals surface area contributed by atoms with E-state index in [-0.39, 0.29) is 11.5 Å². The fraction of sp³-hybridized carbons (Fsp3) is 0.765. The number of hydrogen-bond acceptors (Lipinski definition) is 4. The van der Waals surface area contributed by atoms with Crippen LogP contribution in [-0.2, 0) is 4.74 Å². The smallest absolute Gasteiger partial charge is 0.274 e. The van der Waals surface area contributed by atoms with Crippen molar-refractivity contribution in [1.82, 2.24) is 15.1 Å². The van der Waals surface area contributed by atoms with Crippen LogP contribution >= 0.6 is 0 Å². The minimum Gasteiger partial charge on any atom is -0.390 e. The highest BCUT2D eigenvalue weighted by Crippen LogP contribution is 2.40. The van der Waals surface area contributed by atoms with Crippen LogP contribution in [0, 0.1) is 0 Å². The second kappa shape index (κ2) is 5.31. The average molecular weight is 319 g/mol. The monoisotopic (exact) mass is 319 g/mol. The lowest BCUT2D eigenvalue weighted by molar-refractivity contribution is -0.170. The predicted molar refractivity (Wildman–Crippen MR) is 84.2 cm³/mol. The van der Waals surface area contributed by atoms with Crippen LogP contribution in [0.2, 0.25) is 0 Å². The molecule has 2 saturated heterocycles. The number of likely N-dealkylation sites (tertiary alicyclic amines) is 1. The summed E-state index contributed by atoms with van der Waals surface area (Å²) in [6.45, 7) is 3.82. The molecule has 1 spiro atoms. The van der Waals surface area contributed by atoms with Gasteiger partial charge in [0, 0.05) is 31.1 Å². The first-order chi connectivity index (χ1) is 11.0. The molecule has 3 aliphatic rings. The summed E-state index contributed by atoms with van der Waals surface area (Å²) in [7, 11) is 0. The summed E-state index contributed by atoms with van der Waals surface area (Å²) in [6, 6.07) is 1.91. The zero-order valence-electron chi connectivity index (χ0n) is 13.7. The Morgan fingerprint density at radius 1 is 1.39 bits per heavy atom. The molecule has 1 unspecified atom stereocenters. The fourth-order valence-electron chi connectivity index (χ4n) is 3.97. The molecular formula is C17H25N3O3. The first-order valence-corrected chi connectivity index (χ1v) is 8.67. The lowest BCUT2D eigenvalue weighted by Crippen LogP contribution is -2.54. The normalized spacial score (nSPS) is 30.6. The number of carbonyl (C=O) groups excluding carboxylic acids is 1. The Bertz CT molecular complexity index is 598. The molecule has 0 radical (unpaired) electrons. The average Bonchev–Trinajstić information content (AvgIpc) is 3.24. The molecule has 1 amide bonds. The SMILES string of the molecule is CC1(O)CCOC2(CCN(C(=O)c3cc(C4CC4)[nH]n3)CC2)C1. The van der Waals surface area contributed by atoms with Gasteiger partial charge < -0.3 is 14.7 Å². The molecule has 0 aromatic carbocycles. The minimum absolute atomic E-state index is 0.00516. The highest BCUT2D eigenvalue weighted by atomic mass is 16.5. The van der Waals surface area contributed by atoms with E-state index in [0.29, 0.717) is 44.1 Å². The molecule has 6 nitrogen and oxygen atoms in total. The van der Waals surface area contributed by atoms with Gasteiger partial charge in [0.15, 0.2) is 0 Å². The third kappa shape index (κ3) is 3.02. The van der Waals surface area contributed by atoms with Gasteiger partial charge in [-0.25, -0.2) is 0 Å². The summed E-state index contributed by atoms with van der Waals surface area (Å²) in [5.74, 6) is 0.581. The van der Waals surface area contributed by atoms with E-state index in [1.807, 2.05) is 17.9 Å². The Morgan fingerprint density at radius 3 is 2.78 bits per heavy atom. The van der Waals surface area contributed by atoms with Crippen LogP contribution in [0.1, 0.15) is 67.5 Å². The number of piperidine rings is 1. The molecule has 1 aromatic heterocycles. The van der Waals surface area contributed by atoms with Gasteiger partial charge in [-0.2, -0.15) is 5.10 Å². The molecule has 1 atom stereocenters. The first-order valence-electron chi connectivity index (χ1n) is 8.67. The number of nitrogens with zero attached hydrogens (tertiary/aromatic N) is 2. The van der Waals surface area contributed by atoms with E-state index in [1.165, 1.54) is 12.8 Å². The summed E-state index contributed by atoms with van der Waals surface area (Å²) in [4.78, 5) is 14.5.